The predicted molar refractivity (Wildman–Crippen MR) is 233 cm³/mol. The van der Waals surface area contributed by atoms with Gasteiger partial charge < -0.3 is 44.5 Å². The molecule has 1 amide bonds. The average molecular weight is 869 g/mol. The molecule has 0 unspecified atom stereocenters. The van der Waals surface area contributed by atoms with Crippen molar-refractivity contribution in [2.75, 3.05) is 20.2 Å². The number of allylic oxidation sites excluding steroid dienone is 4. The number of methoxy groups -OCH3 is 1. The molecule has 4 aliphatic heterocycles. The number of carbonyl (C=O) groups is 5. The number of hydrogen-bond donors (Lipinski definition) is 4. The second-order valence-electron chi connectivity index (χ2n) is 17.6. The maximum absolute atomic E-state index is 15.1. The summed E-state index contributed by atoms with van der Waals surface area (Å²) in [5, 5.41) is 37.3. The first-order valence-corrected chi connectivity index (χ1v) is 21.6. The molecule has 14 nitrogen and oxygen atoms in total. The molecule has 5 bridgehead atoms. The number of hydrogen-bond acceptors (Lipinski definition) is 13. The van der Waals surface area contributed by atoms with E-state index in [2.05, 4.69) is 17.4 Å². The summed E-state index contributed by atoms with van der Waals surface area (Å²) < 4.78 is 23.7. The van der Waals surface area contributed by atoms with Crippen LogP contribution in [0.1, 0.15) is 104 Å². The number of benzene rings is 2. The second kappa shape index (κ2) is 19.0. The molecule has 0 radical (unpaired) electrons. The molecule has 4 N–H and O–H groups in total. The topological polar surface area (TPSA) is 198 Å². The summed E-state index contributed by atoms with van der Waals surface area (Å²) in [5.74, 6) is -8.65. The Morgan fingerprint density at radius 1 is 0.905 bits per heavy atom. The Bertz CT molecular complexity index is 2250. The monoisotopic (exact) mass is 868 g/mol. The van der Waals surface area contributed by atoms with Gasteiger partial charge in [-0.3, -0.25) is 24.0 Å². The van der Waals surface area contributed by atoms with Gasteiger partial charge in [0, 0.05) is 68.9 Å². The summed E-state index contributed by atoms with van der Waals surface area (Å²) in [7, 11) is 1.44. The van der Waals surface area contributed by atoms with E-state index < -0.39 is 94.4 Å². The maximum Gasteiger partial charge on any atom is 0.312 e. The lowest BCUT2D eigenvalue weighted by Crippen LogP contribution is -2.46. The summed E-state index contributed by atoms with van der Waals surface area (Å²) in [5.41, 5.74) is -0.0546. The highest BCUT2D eigenvalue weighted by molar-refractivity contribution is 6.32. The van der Waals surface area contributed by atoms with Crippen molar-refractivity contribution in [3.63, 3.8) is 0 Å². The standard InChI is InChI=1S/C49H60N2O12/c1-25-14-13-15-26(2)48(59)50-38-39(51-21-18-33(19-22-51)24-32-16-11-10-12-17-32)44(57)35-36(43(38)56)42(55)30(6)46-37(35)47(58)49(8,63-46)61-23-20-34(60-9)27(3)45(62-31(7)52)29(5)41(54)28(4)40(25)53/h10-17,20,23,25,27-29,33-34,40-41,45,53-55H,18-19,21-22,24H2,1-9H3,(H,50,59)/t25-,27+,28+,29-,34-,40-,41-,45+,49-/m0/s1. The number of piperidine rings is 1. The second-order valence-corrected chi connectivity index (χ2v) is 17.6. The van der Waals surface area contributed by atoms with Crippen molar-refractivity contribution in [2.45, 2.75) is 105 Å². The molecule has 0 spiro atoms. The molecule has 2 aromatic rings. The third-order valence-corrected chi connectivity index (χ3v) is 13.2. The predicted octanol–water partition coefficient (Wildman–Crippen LogP) is 5.91. The first-order valence-electron chi connectivity index (χ1n) is 21.6. The molecular weight excluding hydrogens is 809 g/mol. The number of aliphatic hydroxyl groups is 2. The van der Waals surface area contributed by atoms with Crippen LogP contribution in [-0.4, -0.2) is 99.8 Å². The molecule has 0 aromatic heterocycles. The fraction of sp³-hybridized carbons (Fsp3) is 0.490. The third-order valence-electron chi connectivity index (χ3n) is 13.2. The van der Waals surface area contributed by atoms with Crippen LogP contribution in [0.15, 0.2) is 77.9 Å². The SMILES string of the molecule is CO[C@H]1C=CO[C@@]2(C)Oc3c(C)c(O)c4c(c3C2=O)C(=O)C(N2CCC(Cc3ccccc3)CC2)=C(NC(=O)C(C)=CC=C[C@H](C)[C@H](O)[C@@H](C)[C@H](O)[C@H](C)[C@H](OC(C)=O)[C@@H]1C)C4=O. The molecule has 0 saturated carbocycles. The number of aromatic hydroxyl groups is 1. The first kappa shape index (κ1) is 46.9. The number of ether oxygens (including phenoxy) is 4. The maximum atomic E-state index is 15.1. The van der Waals surface area contributed by atoms with Gasteiger partial charge in [-0.05, 0) is 50.7 Å². The van der Waals surface area contributed by atoms with E-state index in [0.29, 0.717) is 25.9 Å². The number of phenols is 1. The molecule has 1 aliphatic carbocycles. The van der Waals surface area contributed by atoms with Gasteiger partial charge in [-0.15, -0.1) is 0 Å². The molecule has 1 saturated heterocycles. The van der Waals surface area contributed by atoms with Crippen LogP contribution in [0.3, 0.4) is 0 Å². The van der Waals surface area contributed by atoms with Crippen LogP contribution in [0.4, 0.5) is 0 Å². The Kier molecular flexibility index (Phi) is 14.2. The van der Waals surface area contributed by atoms with Gasteiger partial charge in [0.05, 0.1) is 41.3 Å². The fourth-order valence-corrected chi connectivity index (χ4v) is 9.29. The van der Waals surface area contributed by atoms with E-state index in [0.717, 1.165) is 6.42 Å². The van der Waals surface area contributed by atoms with Gasteiger partial charge in [0.1, 0.15) is 29.0 Å². The number of carbonyl (C=O) groups excluding carboxylic acids is 5. The van der Waals surface area contributed by atoms with E-state index in [1.54, 1.807) is 44.7 Å². The lowest BCUT2D eigenvalue weighted by Gasteiger charge is -2.38. The highest BCUT2D eigenvalue weighted by Gasteiger charge is 2.53. The van der Waals surface area contributed by atoms with Crippen molar-refractivity contribution >= 4 is 29.2 Å². The first-order chi connectivity index (χ1) is 29.8. The Hall–Kier alpha value is -5.57. The van der Waals surface area contributed by atoms with Crippen molar-refractivity contribution in [3.05, 3.63) is 106 Å². The number of phenolic OH excluding ortho intramolecular Hbond substituents is 1. The minimum Gasteiger partial charge on any atom is -0.507 e. The molecule has 63 heavy (non-hydrogen) atoms. The van der Waals surface area contributed by atoms with Gasteiger partial charge in [0.15, 0.2) is 0 Å². The summed E-state index contributed by atoms with van der Waals surface area (Å²) in [6.45, 7) is 13.3. The number of nitrogens with zero attached hydrogens (tertiary/aromatic N) is 1. The van der Waals surface area contributed by atoms with E-state index in [1.165, 1.54) is 58.8 Å². The van der Waals surface area contributed by atoms with Gasteiger partial charge in [0.25, 0.3) is 11.7 Å². The van der Waals surface area contributed by atoms with E-state index in [9.17, 15) is 34.5 Å². The van der Waals surface area contributed by atoms with Crippen LogP contribution in [0.5, 0.6) is 11.5 Å². The summed E-state index contributed by atoms with van der Waals surface area (Å²) in [6, 6.07) is 10.1. The largest absolute Gasteiger partial charge is 0.507 e. The smallest absolute Gasteiger partial charge is 0.312 e. The number of amides is 1. The molecule has 4 heterocycles. The third kappa shape index (κ3) is 9.25. The van der Waals surface area contributed by atoms with Gasteiger partial charge in [-0.25, -0.2) is 0 Å². The lowest BCUT2D eigenvalue weighted by atomic mass is 9.78. The molecule has 9 atom stereocenters. The molecule has 5 aliphatic rings. The molecule has 7 rings (SSSR count). The Balaban J connectivity index is 1.45. The van der Waals surface area contributed by atoms with Crippen LogP contribution in [0.25, 0.3) is 0 Å². The number of nitrogens with one attached hydrogen (secondary N) is 1. The zero-order valence-corrected chi connectivity index (χ0v) is 37.5. The Morgan fingerprint density at radius 3 is 2.21 bits per heavy atom. The fourth-order valence-electron chi connectivity index (χ4n) is 9.29. The van der Waals surface area contributed by atoms with Crippen molar-refractivity contribution in [2.24, 2.45) is 29.6 Å². The minimum atomic E-state index is -2.08. The van der Waals surface area contributed by atoms with Gasteiger partial charge >= 0.3 is 11.8 Å². The van der Waals surface area contributed by atoms with Crippen molar-refractivity contribution in [3.8, 4) is 11.5 Å². The van der Waals surface area contributed by atoms with E-state index in [-0.39, 0.29) is 45.3 Å². The van der Waals surface area contributed by atoms with Crippen LogP contribution in [0, 0.1) is 36.5 Å². The zero-order chi connectivity index (χ0) is 46.1. The van der Waals surface area contributed by atoms with Gasteiger partial charge in [-0.2, -0.15) is 0 Å². The number of rotatable bonds is 5. The van der Waals surface area contributed by atoms with Gasteiger partial charge in [0.2, 0.25) is 11.6 Å². The summed E-state index contributed by atoms with van der Waals surface area (Å²) in [4.78, 5) is 72.4. The zero-order valence-electron chi connectivity index (χ0n) is 37.5. The Morgan fingerprint density at radius 2 is 1.57 bits per heavy atom. The van der Waals surface area contributed by atoms with E-state index >= 15 is 4.79 Å². The summed E-state index contributed by atoms with van der Waals surface area (Å²) >= 11 is 0. The number of esters is 1. The van der Waals surface area contributed by atoms with Crippen LogP contribution < -0.4 is 10.1 Å². The number of likely N-dealkylation sites (tertiary alicyclic amines) is 1. The van der Waals surface area contributed by atoms with E-state index in [1.807, 2.05) is 18.2 Å². The molecule has 2 aromatic carbocycles. The minimum absolute atomic E-state index is 0.0165. The number of Topliss-reactive ketones (excluding diaryl/α,β-unsaturated/α-hetero) is 3. The summed E-state index contributed by atoms with van der Waals surface area (Å²) in [6.07, 6.45) is 5.72. The normalized spacial score (nSPS) is 29.9. The van der Waals surface area contributed by atoms with Crippen LogP contribution in [-0.2, 0) is 30.2 Å². The number of ketones is 3. The van der Waals surface area contributed by atoms with Gasteiger partial charge in [-0.1, -0.05) is 76.3 Å². The number of aliphatic hydroxyl groups excluding tert-OH is 2. The van der Waals surface area contributed by atoms with Crippen molar-refractivity contribution < 1.29 is 58.2 Å². The molecule has 1 fully saturated rings. The highest BCUT2D eigenvalue weighted by atomic mass is 16.7. The van der Waals surface area contributed by atoms with E-state index in [4.69, 9.17) is 18.9 Å². The lowest BCUT2D eigenvalue weighted by molar-refractivity contribution is -0.160. The molecule has 338 valence electrons. The highest BCUT2D eigenvalue weighted by Crippen LogP contribution is 2.49. The van der Waals surface area contributed by atoms with Crippen molar-refractivity contribution in [1.29, 1.82) is 0 Å². The Labute approximate surface area is 368 Å². The van der Waals surface area contributed by atoms with Crippen LogP contribution >= 0.6 is 0 Å². The quantitative estimate of drug-likeness (QED) is 0.259. The van der Waals surface area contributed by atoms with Crippen molar-refractivity contribution in [1.82, 2.24) is 10.2 Å². The molecule has 14 heteroatoms. The molecular formula is C49H60N2O12. The average Bonchev–Trinajstić information content (AvgIpc) is 3.52. The number of fused-ring (bicyclic) bond motifs is 14. The van der Waals surface area contributed by atoms with Crippen LogP contribution in [0.2, 0.25) is 0 Å².